The van der Waals surface area contributed by atoms with Crippen molar-refractivity contribution in [3.05, 3.63) is 70.2 Å². The summed E-state index contributed by atoms with van der Waals surface area (Å²) in [5, 5.41) is 25.6. The third-order valence-corrected chi connectivity index (χ3v) is 5.10. The number of aliphatic hydroxyl groups is 1. The molecule has 26 heavy (non-hydrogen) atoms. The van der Waals surface area contributed by atoms with E-state index in [9.17, 15) is 15.0 Å². The quantitative estimate of drug-likeness (QED) is 0.626. The fourth-order valence-electron chi connectivity index (χ4n) is 3.56. The first-order chi connectivity index (χ1) is 12.1. The van der Waals surface area contributed by atoms with Crippen molar-refractivity contribution in [3.8, 4) is 0 Å². The van der Waals surface area contributed by atoms with Gasteiger partial charge in [-0.05, 0) is 48.1 Å². The van der Waals surface area contributed by atoms with Crippen molar-refractivity contribution >= 4 is 17.6 Å². The molecule has 3 atom stereocenters. The molecule has 1 aliphatic carbocycles. The van der Waals surface area contributed by atoms with Gasteiger partial charge in [0.1, 0.15) is 0 Å². The van der Waals surface area contributed by atoms with E-state index in [-0.39, 0.29) is 63.8 Å². The van der Waals surface area contributed by atoms with Crippen LogP contribution in [-0.2, 0) is 11.2 Å². The van der Waals surface area contributed by atoms with Gasteiger partial charge in [0.05, 0.1) is 18.1 Å². The molecule has 1 aliphatic rings. The molecule has 0 aliphatic heterocycles. The second-order valence-corrected chi connectivity index (χ2v) is 6.91. The molecule has 4 nitrogen and oxygen atoms in total. The number of benzene rings is 2. The summed E-state index contributed by atoms with van der Waals surface area (Å²) in [6, 6.07) is 13.7. The Hall–Kier alpha value is -0.244. The van der Waals surface area contributed by atoms with E-state index >= 15 is 0 Å². The number of carbonyl (C=O) groups is 1. The molecule has 6 heteroatoms. The van der Waals surface area contributed by atoms with Gasteiger partial charge in [-0.3, -0.25) is 0 Å². The maximum absolute atomic E-state index is 11.5. The molecule has 0 heterocycles. The average molecular weight is 398 g/mol. The summed E-state index contributed by atoms with van der Waals surface area (Å²) in [5.74, 6) is -1.20. The summed E-state index contributed by atoms with van der Waals surface area (Å²) in [7, 11) is 0. The molecule has 132 valence electrons. The fourth-order valence-corrected chi connectivity index (χ4v) is 3.69. The first-order valence-corrected chi connectivity index (χ1v) is 8.89. The van der Waals surface area contributed by atoms with E-state index in [0.29, 0.717) is 10.6 Å². The van der Waals surface area contributed by atoms with Crippen molar-refractivity contribution in [1.29, 1.82) is 0 Å². The second kappa shape index (κ2) is 10.3. The zero-order chi connectivity index (χ0) is 17.8. The van der Waals surface area contributed by atoms with Crippen LogP contribution in [-0.4, -0.2) is 23.7 Å². The van der Waals surface area contributed by atoms with Crippen molar-refractivity contribution in [2.24, 2.45) is 0 Å². The van der Waals surface area contributed by atoms with Gasteiger partial charge >= 0.3 is 51.4 Å². The topological polar surface area (TPSA) is 72.4 Å². The van der Waals surface area contributed by atoms with E-state index < -0.39 is 18.1 Å². The van der Waals surface area contributed by atoms with Crippen LogP contribution in [0.15, 0.2) is 48.5 Å². The Morgan fingerprint density at radius 2 is 1.92 bits per heavy atom. The summed E-state index contributed by atoms with van der Waals surface area (Å²) >= 11 is 5.85. The maximum atomic E-state index is 11.5. The summed E-state index contributed by atoms with van der Waals surface area (Å²) in [6.45, 7) is 0.181. The van der Waals surface area contributed by atoms with Gasteiger partial charge in [-0.2, -0.15) is 0 Å². The Bertz CT molecular complexity index is 738. The molecule has 0 aromatic heterocycles. The number of carboxylic acid groups (broad SMARTS) is 1. The molecule has 2 aromatic carbocycles. The minimum absolute atomic E-state index is 0. The number of rotatable bonds is 6. The maximum Gasteiger partial charge on any atom is 1.00 e. The third kappa shape index (κ3) is 5.39. The van der Waals surface area contributed by atoms with Crippen LogP contribution in [0.5, 0.6) is 0 Å². The molecule has 0 fully saturated rings. The van der Waals surface area contributed by atoms with Crippen molar-refractivity contribution < 1.29 is 66.4 Å². The van der Waals surface area contributed by atoms with Crippen LogP contribution in [0.25, 0.3) is 0 Å². The van der Waals surface area contributed by atoms with E-state index in [1.54, 1.807) is 24.3 Å². The van der Waals surface area contributed by atoms with Crippen LogP contribution in [0.4, 0.5) is 0 Å². The summed E-state index contributed by atoms with van der Waals surface area (Å²) in [5.41, 5.74) is 2.99. The van der Waals surface area contributed by atoms with Crippen LogP contribution in [0, 0.1) is 0 Å². The number of aliphatic carboxylic acids is 1. The Kier molecular flexibility index (Phi) is 8.77. The molecule has 0 saturated heterocycles. The predicted octanol–water partition coefficient (Wildman–Crippen LogP) is -0.794. The number of fused-ring (bicyclic) bond motifs is 1. The molecule has 0 amide bonds. The van der Waals surface area contributed by atoms with Gasteiger partial charge in [-0.1, -0.05) is 48.0 Å². The number of hydrogen-bond acceptors (Lipinski definition) is 4. The predicted molar refractivity (Wildman–Crippen MR) is 95.3 cm³/mol. The van der Waals surface area contributed by atoms with E-state index in [4.69, 9.17) is 11.6 Å². The molecule has 2 aromatic rings. The first-order valence-electron chi connectivity index (χ1n) is 8.52. The number of carboxylic acids is 1. The first kappa shape index (κ1) is 22.0. The largest absolute Gasteiger partial charge is 1.00 e. The van der Waals surface area contributed by atoms with Gasteiger partial charge < -0.3 is 20.3 Å². The molecular weight excluding hydrogens is 377 g/mol. The minimum atomic E-state index is -1.22. The van der Waals surface area contributed by atoms with Crippen molar-refractivity contribution in [2.75, 3.05) is 6.54 Å². The van der Waals surface area contributed by atoms with Gasteiger partial charge in [-0.25, -0.2) is 0 Å². The van der Waals surface area contributed by atoms with Crippen molar-refractivity contribution in [1.82, 2.24) is 5.32 Å². The smallest absolute Gasteiger partial charge is 0.548 e. The second-order valence-electron chi connectivity index (χ2n) is 6.48. The van der Waals surface area contributed by atoms with Crippen molar-refractivity contribution in [3.63, 3.8) is 0 Å². The van der Waals surface area contributed by atoms with Crippen LogP contribution in [0.3, 0.4) is 0 Å². The zero-order valence-corrected chi connectivity index (χ0v) is 18.7. The fraction of sp³-hybridized carbons (Fsp3) is 0.350. The standard InChI is InChI=1S/C20H22ClNO3.K/c21-15-10-8-14(9-11-15)19(20(24)25)22-12-18(23)17-7-3-5-13-4-1-2-6-16(13)17;/h1-2,4,6,8-11,17-19,22-23H,3,5,7,12H2,(H,24,25);/q;+1/p-1. The van der Waals surface area contributed by atoms with Gasteiger partial charge in [0.2, 0.25) is 0 Å². The number of aryl methyl sites for hydroxylation is 1. The van der Waals surface area contributed by atoms with Crippen LogP contribution >= 0.6 is 11.6 Å². The van der Waals surface area contributed by atoms with Gasteiger partial charge in [0.25, 0.3) is 0 Å². The molecule has 3 rings (SSSR count). The zero-order valence-electron chi connectivity index (χ0n) is 14.8. The molecule has 0 saturated carbocycles. The van der Waals surface area contributed by atoms with Crippen LogP contribution in [0.2, 0.25) is 5.02 Å². The molecule has 0 radical (unpaired) electrons. The number of carbonyl (C=O) groups excluding carboxylic acids is 1. The summed E-state index contributed by atoms with van der Waals surface area (Å²) in [6.07, 6.45) is 2.30. The van der Waals surface area contributed by atoms with Gasteiger partial charge in [0.15, 0.2) is 0 Å². The summed E-state index contributed by atoms with van der Waals surface area (Å²) in [4.78, 5) is 11.5. The number of aliphatic hydroxyl groups excluding tert-OH is 1. The van der Waals surface area contributed by atoms with E-state index in [1.165, 1.54) is 11.1 Å². The SMILES string of the molecule is O=C([O-])C(NCC(O)C1CCCc2ccccc21)c1ccc(Cl)cc1.[K+]. The molecular formula is C20H21ClKNO3. The Morgan fingerprint density at radius 1 is 1.23 bits per heavy atom. The van der Waals surface area contributed by atoms with Gasteiger partial charge in [-0.15, -0.1) is 0 Å². The minimum Gasteiger partial charge on any atom is -0.548 e. The van der Waals surface area contributed by atoms with Crippen LogP contribution in [0.1, 0.15) is 41.5 Å². The Morgan fingerprint density at radius 3 is 2.62 bits per heavy atom. The Labute approximate surface area is 201 Å². The van der Waals surface area contributed by atoms with E-state index in [2.05, 4.69) is 17.4 Å². The number of nitrogens with one attached hydrogen (secondary N) is 1. The molecule has 3 unspecified atom stereocenters. The normalized spacial score (nSPS) is 18.3. The van der Waals surface area contributed by atoms with Crippen LogP contribution < -0.4 is 61.8 Å². The molecule has 0 spiro atoms. The van der Waals surface area contributed by atoms with E-state index in [1.807, 2.05) is 12.1 Å². The molecule has 0 bridgehead atoms. The third-order valence-electron chi connectivity index (χ3n) is 4.85. The number of halogens is 1. The van der Waals surface area contributed by atoms with Gasteiger partial charge in [0, 0.05) is 17.5 Å². The molecule has 2 N–H and O–H groups in total. The monoisotopic (exact) mass is 397 g/mol. The Balaban J connectivity index is 0.00000243. The summed E-state index contributed by atoms with van der Waals surface area (Å²) < 4.78 is 0. The van der Waals surface area contributed by atoms with Crippen molar-refractivity contribution in [2.45, 2.75) is 37.3 Å². The van der Waals surface area contributed by atoms with E-state index in [0.717, 1.165) is 19.3 Å². The number of hydrogen-bond donors (Lipinski definition) is 2. The average Bonchev–Trinajstić information content (AvgIpc) is 2.62.